The van der Waals surface area contributed by atoms with Crippen LogP contribution < -0.4 is 0 Å². The maximum absolute atomic E-state index is 11.8. The van der Waals surface area contributed by atoms with Crippen molar-refractivity contribution in [3.05, 3.63) is 0 Å². The summed E-state index contributed by atoms with van der Waals surface area (Å²) in [5, 5.41) is 8.62. The molecule has 4 nitrogen and oxygen atoms in total. The number of ketones is 1. The van der Waals surface area contributed by atoms with Crippen molar-refractivity contribution >= 4 is 11.8 Å². The molecule has 1 aliphatic rings. The first kappa shape index (κ1) is 14.2. The van der Waals surface area contributed by atoms with E-state index >= 15 is 0 Å². The summed E-state index contributed by atoms with van der Waals surface area (Å²) < 4.78 is 5.24. The van der Waals surface area contributed by atoms with Gasteiger partial charge in [0, 0.05) is 5.92 Å². The highest BCUT2D eigenvalue weighted by Crippen LogP contribution is 2.23. The van der Waals surface area contributed by atoms with Crippen molar-refractivity contribution in [1.29, 1.82) is 0 Å². The van der Waals surface area contributed by atoms with Crippen LogP contribution >= 0.6 is 0 Å². The van der Waals surface area contributed by atoms with Crippen molar-refractivity contribution in [3.8, 4) is 0 Å². The summed E-state index contributed by atoms with van der Waals surface area (Å²) in [6.07, 6.45) is 5.83. The molecule has 1 rings (SSSR count). The number of hydrogen-bond acceptors (Lipinski definition) is 3. The Hall–Kier alpha value is -0.900. The van der Waals surface area contributed by atoms with Crippen LogP contribution in [0.1, 0.15) is 51.9 Å². The van der Waals surface area contributed by atoms with Gasteiger partial charge < -0.3 is 9.84 Å². The van der Waals surface area contributed by atoms with Crippen LogP contribution in [0.4, 0.5) is 0 Å². The molecule has 1 heterocycles. The molecule has 0 aliphatic carbocycles. The number of carbonyl (C=O) groups is 2. The predicted octanol–water partition coefficient (Wildman–Crippen LogP) is 2.41. The fourth-order valence-electron chi connectivity index (χ4n) is 2.20. The van der Waals surface area contributed by atoms with E-state index in [0.29, 0.717) is 6.61 Å². The first-order valence-corrected chi connectivity index (χ1v) is 6.52. The van der Waals surface area contributed by atoms with Crippen LogP contribution in [0.25, 0.3) is 0 Å². The van der Waals surface area contributed by atoms with Gasteiger partial charge in [-0.15, -0.1) is 0 Å². The monoisotopic (exact) mass is 242 g/mol. The molecule has 0 aromatic rings. The van der Waals surface area contributed by atoms with Gasteiger partial charge in [-0.2, -0.15) is 0 Å². The number of ether oxygens (including phenoxy) is 1. The molecule has 1 saturated heterocycles. The van der Waals surface area contributed by atoms with Crippen LogP contribution in [0.3, 0.4) is 0 Å². The standard InChI is InChI=1S/C13H22O4/c1-2-3-4-5-6-7-10-9-17-11(13(10)16)8-12(14)15/h10-11H,2-9H2,1H3,(H,14,15). The summed E-state index contributed by atoms with van der Waals surface area (Å²) in [5.74, 6) is -1.05. The van der Waals surface area contributed by atoms with E-state index in [1.165, 1.54) is 19.3 Å². The topological polar surface area (TPSA) is 63.6 Å². The van der Waals surface area contributed by atoms with E-state index < -0.39 is 12.1 Å². The Morgan fingerprint density at radius 1 is 1.35 bits per heavy atom. The van der Waals surface area contributed by atoms with Crippen LogP contribution in [0, 0.1) is 5.92 Å². The van der Waals surface area contributed by atoms with Crippen molar-refractivity contribution in [2.75, 3.05) is 6.61 Å². The Bertz CT molecular complexity index is 262. The average molecular weight is 242 g/mol. The smallest absolute Gasteiger partial charge is 0.306 e. The largest absolute Gasteiger partial charge is 0.481 e. The van der Waals surface area contributed by atoms with Gasteiger partial charge in [-0.25, -0.2) is 0 Å². The number of hydrogen-bond donors (Lipinski definition) is 1. The molecule has 0 aromatic carbocycles. The maximum atomic E-state index is 11.8. The second-order valence-electron chi connectivity index (χ2n) is 4.72. The minimum absolute atomic E-state index is 0.0112. The molecule has 0 aromatic heterocycles. The van der Waals surface area contributed by atoms with Crippen LogP contribution in [0.2, 0.25) is 0 Å². The van der Waals surface area contributed by atoms with Crippen LogP contribution in [-0.4, -0.2) is 29.6 Å². The summed E-state index contributed by atoms with van der Waals surface area (Å²) in [6, 6.07) is 0. The number of carboxylic acids is 1. The zero-order valence-corrected chi connectivity index (χ0v) is 10.5. The lowest BCUT2D eigenvalue weighted by atomic mass is 9.95. The quantitative estimate of drug-likeness (QED) is 0.664. The van der Waals surface area contributed by atoms with E-state index in [0.717, 1.165) is 19.3 Å². The molecule has 1 fully saturated rings. The molecule has 2 unspecified atom stereocenters. The molecule has 0 amide bonds. The van der Waals surface area contributed by atoms with Gasteiger partial charge in [0.25, 0.3) is 0 Å². The molecule has 0 saturated carbocycles. The van der Waals surface area contributed by atoms with Gasteiger partial charge in [-0.05, 0) is 6.42 Å². The molecule has 0 radical (unpaired) electrons. The SMILES string of the molecule is CCCCCCCC1COC(CC(=O)O)C1=O. The van der Waals surface area contributed by atoms with E-state index in [9.17, 15) is 9.59 Å². The lowest BCUT2D eigenvalue weighted by Gasteiger charge is -2.06. The Morgan fingerprint density at radius 3 is 2.71 bits per heavy atom. The molecule has 0 bridgehead atoms. The van der Waals surface area contributed by atoms with Crippen molar-refractivity contribution in [2.24, 2.45) is 5.92 Å². The summed E-state index contributed by atoms with van der Waals surface area (Å²) in [5.41, 5.74) is 0. The Kier molecular flexibility index (Phi) is 6.19. The zero-order valence-electron chi connectivity index (χ0n) is 10.5. The lowest BCUT2D eigenvalue weighted by molar-refractivity contribution is -0.142. The Balaban J connectivity index is 2.18. The highest BCUT2D eigenvalue weighted by atomic mass is 16.5. The Labute approximate surface area is 102 Å². The van der Waals surface area contributed by atoms with Gasteiger partial charge in [0.1, 0.15) is 6.10 Å². The van der Waals surface area contributed by atoms with Crippen molar-refractivity contribution < 1.29 is 19.4 Å². The first-order valence-electron chi connectivity index (χ1n) is 6.52. The van der Waals surface area contributed by atoms with E-state index in [-0.39, 0.29) is 18.1 Å². The molecule has 1 N–H and O–H groups in total. The van der Waals surface area contributed by atoms with Crippen LogP contribution in [0.15, 0.2) is 0 Å². The van der Waals surface area contributed by atoms with E-state index in [2.05, 4.69) is 6.92 Å². The second kappa shape index (κ2) is 7.43. The average Bonchev–Trinajstić information content (AvgIpc) is 2.60. The molecule has 2 atom stereocenters. The van der Waals surface area contributed by atoms with Crippen LogP contribution in [0.5, 0.6) is 0 Å². The third-order valence-corrected chi connectivity index (χ3v) is 3.23. The van der Waals surface area contributed by atoms with Crippen molar-refractivity contribution in [3.63, 3.8) is 0 Å². The minimum atomic E-state index is -0.966. The summed E-state index contributed by atoms with van der Waals surface area (Å²) in [6.45, 7) is 2.58. The van der Waals surface area contributed by atoms with Gasteiger partial charge in [0.15, 0.2) is 5.78 Å². The number of carbonyl (C=O) groups excluding carboxylic acids is 1. The molecule has 0 spiro atoms. The van der Waals surface area contributed by atoms with E-state index in [1.54, 1.807) is 0 Å². The minimum Gasteiger partial charge on any atom is -0.481 e. The highest BCUT2D eigenvalue weighted by molar-refractivity contribution is 5.90. The molecule has 4 heteroatoms. The zero-order chi connectivity index (χ0) is 12.7. The summed E-state index contributed by atoms with van der Waals surface area (Å²) in [4.78, 5) is 22.3. The number of unbranched alkanes of at least 4 members (excludes halogenated alkanes) is 4. The second-order valence-corrected chi connectivity index (χ2v) is 4.72. The molecule has 1 aliphatic heterocycles. The number of rotatable bonds is 8. The molecule has 17 heavy (non-hydrogen) atoms. The molecular formula is C13H22O4. The number of aliphatic carboxylic acids is 1. The number of Topliss-reactive ketones (excluding diaryl/α,β-unsaturated/α-hetero) is 1. The van der Waals surface area contributed by atoms with Crippen LogP contribution in [-0.2, 0) is 14.3 Å². The lowest BCUT2D eigenvalue weighted by Crippen LogP contribution is -2.23. The van der Waals surface area contributed by atoms with Gasteiger partial charge in [-0.1, -0.05) is 39.0 Å². The fraction of sp³-hybridized carbons (Fsp3) is 0.846. The third-order valence-electron chi connectivity index (χ3n) is 3.23. The third kappa shape index (κ3) is 4.86. The summed E-state index contributed by atoms with van der Waals surface area (Å²) in [7, 11) is 0. The maximum Gasteiger partial charge on any atom is 0.306 e. The molecule has 98 valence electrons. The Morgan fingerprint density at radius 2 is 2.06 bits per heavy atom. The van der Waals surface area contributed by atoms with Gasteiger partial charge >= 0.3 is 5.97 Å². The predicted molar refractivity (Wildman–Crippen MR) is 63.9 cm³/mol. The van der Waals surface area contributed by atoms with Crippen molar-refractivity contribution in [1.82, 2.24) is 0 Å². The number of carboxylic acid groups (broad SMARTS) is 1. The van der Waals surface area contributed by atoms with E-state index in [4.69, 9.17) is 9.84 Å². The first-order chi connectivity index (χ1) is 8.15. The summed E-state index contributed by atoms with van der Waals surface area (Å²) >= 11 is 0. The van der Waals surface area contributed by atoms with Gasteiger partial charge in [-0.3, -0.25) is 9.59 Å². The van der Waals surface area contributed by atoms with Crippen molar-refractivity contribution in [2.45, 2.75) is 58.0 Å². The highest BCUT2D eigenvalue weighted by Gasteiger charge is 2.35. The molecular weight excluding hydrogens is 220 g/mol. The normalized spacial score (nSPS) is 24.2. The van der Waals surface area contributed by atoms with E-state index in [1.807, 2.05) is 0 Å². The van der Waals surface area contributed by atoms with Gasteiger partial charge in [0.2, 0.25) is 0 Å². The fourth-order valence-corrected chi connectivity index (χ4v) is 2.20. The van der Waals surface area contributed by atoms with Gasteiger partial charge in [0.05, 0.1) is 13.0 Å².